The Morgan fingerprint density at radius 1 is 0.905 bits per heavy atom. The summed E-state index contributed by atoms with van der Waals surface area (Å²) < 4.78 is 28.8. The summed E-state index contributed by atoms with van der Waals surface area (Å²) in [6, 6.07) is 0. The lowest BCUT2D eigenvalue weighted by molar-refractivity contribution is -0.143. The van der Waals surface area contributed by atoms with Gasteiger partial charge in [0.05, 0.1) is 19.8 Å². The third-order valence-electron chi connectivity index (χ3n) is 3.10. The number of carbonyl (C=O) groups excluding carboxylic acids is 1. The van der Waals surface area contributed by atoms with Crippen molar-refractivity contribution in [2.75, 3.05) is 19.8 Å². The lowest BCUT2D eigenvalue weighted by Crippen LogP contribution is -2.23. The molecule has 0 bridgehead atoms. The van der Waals surface area contributed by atoms with E-state index >= 15 is 0 Å². The Kier molecular flexibility index (Phi) is 12.0. The van der Waals surface area contributed by atoms with E-state index < -0.39 is 19.2 Å². The second kappa shape index (κ2) is 12.2. The molecule has 0 saturated carbocycles. The van der Waals surface area contributed by atoms with Crippen molar-refractivity contribution in [3.63, 3.8) is 0 Å². The quantitative estimate of drug-likeness (QED) is 0.283. The number of hydrogen-bond acceptors (Lipinski definition) is 5. The van der Waals surface area contributed by atoms with Gasteiger partial charge in [-0.2, -0.15) is 0 Å². The molecule has 21 heavy (non-hydrogen) atoms. The zero-order chi connectivity index (χ0) is 16.1. The van der Waals surface area contributed by atoms with Gasteiger partial charge in [-0.1, -0.05) is 40.0 Å². The summed E-state index contributed by atoms with van der Waals surface area (Å²) in [7, 11) is -3.45. The van der Waals surface area contributed by atoms with Crippen molar-refractivity contribution in [3.8, 4) is 0 Å². The number of rotatable bonds is 13. The summed E-state index contributed by atoms with van der Waals surface area (Å²) in [6.45, 7) is 8.66. The van der Waals surface area contributed by atoms with Crippen LogP contribution in [0.15, 0.2) is 0 Å². The van der Waals surface area contributed by atoms with Crippen molar-refractivity contribution in [2.24, 2.45) is 0 Å². The van der Waals surface area contributed by atoms with Crippen LogP contribution in [0.1, 0.15) is 66.2 Å². The molecule has 0 aliphatic rings. The maximum atomic E-state index is 12.8. The van der Waals surface area contributed by atoms with Crippen molar-refractivity contribution in [3.05, 3.63) is 0 Å². The van der Waals surface area contributed by atoms with Crippen LogP contribution in [0.3, 0.4) is 0 Å². The molecule has 0 fully saturated rings. The molecule has 6 heteroatoms. The molecule has 0 saturated heterocycles. The number of ether oxygens (including phenoxy) is 1. The summed E-state index contributed by atoms with van der Waals surface area (Å²) in [5, 5.41) is 0. The first-order chi connectivity index (χ1) is 10.0. The molecule has 0 aromatic heterocycles. The van der Waals surface area contributed by atoms with E-state index in [2.05, 4.69) is 0 Å². The Morgan fingerprint density at radius 3 is 1.76 bits per heavy atom. The molecule has 0 radical (unpaired) electrons. The van der Waals surface area contributed by atoms with Crippen molar-refractivity contribution >= 4 is 13.6 Å². The van der Waals surface area contributed by atoms with E-state index in [9.17, 15) is 9.36 Å². The standard InChI is InChI=1S/C15H31O5P/c1-5-8-11-18-15(16)14(4)21(17,19-12-9-6-2)20-13-10-7-3/h14H,5-13H2,1-4H3. The number of unbranched alkanes of at least 4 members (excludes halogenated alkanes) is 3. The zero-order valence-corrected chi connectivity index (χ0v) is 14.8. The first-order valence-corrected chi connectivity index (χ1v) is 9.68. The summed E-state index contributed by atoms with van der Waals surface area (Å²) in [6.07, 6.45) is 5.20. The van der Waals surface area contributed by atoms with E-state index in [1.807, 2.05) is 20.8 Å². The van der Waals surface area contributed by atoms with E-state index in [-0.39, 0.29) is 0 Å². The van der Waals surface area contributed by atoms with Gasteiger partial charge >= 0.3 is 13.6 Å². The number of esters is 1. The fourth-order valence-electron chi connectivity index (χ4n) is 1.50. The van der Waals surface area contributed by atoms with Crippen LogP contribution in [-0.4, -0.2) is 31.4 Å². The molecule has 0 aromatic rings. The Hall–Kier alpha value is -0.380. The van der Waals surface area contributed by atoms with E-state index in [0.29, 0.717) is 19.8 Å². The third kappa shape index (κ3) is 8.60. The largest absolute Gasteiger partial charge is 0.465 e. The molecular weight excluding hydrogens is 291 g/mol. The van der Waals surface area contributed by atoms with Crippen LogP contribution < -0.4 is 0 Å². The Balaban J connectivity index is 4.58. The summed E-state index contributed by atoms with van der Waals surface area (Å²) in [4.78, 5) is 12.0. The van der Waals surface area contributed by atoms with E-state index in [1.165, 1.54) is 0 Å². The predicted octanol–water partition coefficient (Wildman–Crippen LogP) is 4.54. The van der Waals surface area contributed by atoms with Gasteiger partial charge in [0.2, 0.25) is 0 Å². The molecule has 0 aliphatic carbocycles. The average Bonchev–Trinajstić information content (AvgIpc) is 2.47. The van der Waals surface area contributed by atoms with Gasteiger partial charge in [0.25, 0.3) is 0 Å². The van der Waals surface area contributed by atoms with E-state index in [4.69, 9.17) is 13.8 Å². The average molecular weight is 322 g/mol. The highest BCUT2D eigenvalue weighted by atomic mass is 31.2. The van der Waals surface area contributed by atoms with Crippen molar-refractivity contribution in [1.82, 2.24) is 0 Å². The zero-order valence-electron chi connectivity index (χ0n) is 13.9. The minimum atomic E-state index is -3.45. The van der Waals surface area contributed by atoms with Crippen molar-refractivity contribution < 1.29 is 23.1 Å². The fourth-order valence-corrected chi connectivity index (χ4v) is 3.12. The Bertz CT molecular complexity index is 305. The minimum absolute atomic E-state index is 0.340. The monoisotopic (exact) mass is 322 g/mol. The Morgan fingerprint density at radius 2 is 1.33 bits per heavy atom. The van der Waals surface area contributed by atoms with Gasteiger partial charge in [0.1, 0.15) is 0 Å². The summed E-state index contributed by atoms with van der Waals surface area (Å²) in [5.74, 6) is -0.500. The lowest BCUT2D eigenvalue weighted by atomic mass is 10.4. The lowest BCUT2D eigenvalue weighted by Gasteiger charge is -2.23. The molecule has 5 nitrogen and oxygen atoms in total. The normalized spacial score (nSPS) is 13.1. The van der Waals surface area contributed by atoms with E-state index in [1.54, 1.807) is 6.92 Å². The van der Waals surface area contributed by atoms with Gasteiger partial charge in [-0.15, -0.1) is 0 Å². The molecule has 0 aliphatic heterocycles. The van der Waals surface area contributed by atoms with Crippen LogP contribution in [0.4, 0.5) is 0 Å². The Labute approximate surface area is 129 Å². The second-order valence-electron chi connectivity index (χ2n) is 5.11. The van der Waals surface area contributed by atoms with Gasteiger partial charge in [0, 0.05) is 0 Å². The highest BCUT2D eigenvalue weighted by Crippen LogP contribution is 2.53. The fraction of sp³-hybridized carbons (Fsp3) is 0.933. The molecule has 0 N–H and O–H groups in total. The molecule has 1 unspecified atom stereocenters. The molecule has 0 rings (SSSR count). The van der Waals surface area contributed by atoms with Crippen molar-refractivity contribution in [2.45, 2.75) is 71.9 Å². The van der Waals surface area contributed by atoms with Crippen LogP contribution in [0.5, 0.6) is 0 Å². The smallest absolute Gasteiger partial charge is 0.344 e. The van der Waals surface area contributed by atoms with Crippen molar-refractivity contribution in [1.29, 1.82) is 0 Å². The molecule has 1 atom stereocenters. The third-order valence-corrected chi connectivity index (χ3v) is 5.34. The molecule has 0 amide bonds. The highest BCUT2D eigenvalue weighted by Gasteiger charge is 2.38. The number of carbonyl (C=O) groups is 1. The van der Waals surface area contributed by atoms with Gasteiger partial charge < -0.3 is 13.8 Å². The summed E-state index contributed by atoms with van der Waals surface area (Å²) >= 11 is 0. The van der Waals surface area contributed by atoms with E-state index in [0.717, 1.165) is 38.5 Å². The number of hydrogen-bond donors (Lipinski definition) is 0. The molecular formula is C15H31O5P. The van der Waals surface area contributed by atoms with Crippen LogP contribution in [0.25, 0.3) is 0 Å². The maximum Gasteiger partial charge on any atom is 0.344 e. The molecule has 126 valence electrons. The molecule has 0 aromatic carbocycles. The SMILES string of the molecule is CCCCOC(=O)C(C)P(=O)(OCCCC)OCCCC. The highest BCUT2D eigenvalue weighted by molar-refractivity contribution is 7.55. The van der Waals surface area contributed by atoms with Gasteiger partial charge in [-0.05, 0) is 26.2 Å². The second-order valence-corrected chi connectivity index (χ2v) is 7.48. The van der Waals surface area contributed by atoms with Crippen LogP contribution in [0, 0.1) is 0 Å². The van der Waals surface area contributed by atoms with Gasteiger partial charge in [-0.3, -0.25) is 9.36 Å². The van der Waals surface area contributed by atoms with Gasteiger partial charge in [-0.25, -0.2) is 0 Å². The predicted molar refractivity (Wildman–Crippen MR) is 84.7 cm³/mol. The summed E-state index contributed by atoms with van der Waals surface area (Å²) in [5.41, 5.74) is -0.872. The van der Waals surface area contributed by atoms with Gasteiger partial charge in [0.15, 0.2) is 5.66 Å². The first-order valence-electron chi connectivity index (χ1n) is 8.07. The molecule has 0 spiro atoms. The van der Waals surface area contributed by atoms with Crippen LogP contribution in [-0.2, 0) is 23.1 Å². The van der Waals surface area contributed by atoms with Crippen LogP contribution >= 0.6 is 7.60 Å². The first kappa shape index (κ1) is 20.6. The topological polar surface area (TPSA) is 61.8 Å². The molecule has 0 heterocycles. The minimum Gasteiger partial charge on any atom is -0.465 e. The van der Waals surface area contributed by atoms with Crippen LogP contribution in [0.2, 0.25) is 0 Å². The maximum absolute atomic E-state index is 12.8.